The van der Waals surface area contributed by atoms with Gasteiger partial charge in [-0.05, 0) is 17.7 Å². The number of hydrogen-bond donors (Lipinski definition) is 4. The number of carboxylic acids is 1. The molecule has 2 rings (SSSR count). The summed E-state index contributed by atoms with van der Waals surface area (Å²) in [5.41, 5.74) is 8.02. The summed E-state index contributed by atoms with van der Waals surface area (Å²) in [7, 11) is 0. The first-order valence-electron chi connectivity index (χ1n) is 6.02. The molecule has 1 aromatic carbocycles. The number of nitrogens with one attached hydrogen (secondary N) is 1. The van der Waals surface area contributed by atoms with E-state index in [2.05, 4.69) is 10.2 Å². The average Bonchev–Trinajstić information content (AvgIpc) is 2.89. The Morgan fingerprint density at radius 1 is 1.24 bits per heavy atom. The fraction of sp³-hybridized carbons (Fsp3) is 0.0714. The Kier molecular flexibility index (Phi) is 4.03. The fourth-order valence-corrected chi connectivity index (χ4v) is 1.78. The highest BCUT2D eigenvalue weighted by Gasteiger charge is 2.14. The smallest absolute Gasteiger partial charge is 0.376 e. The molecule has 0 saturated carbocycles. The van der Waals surface area contributed by atoms with Gasteiger partial charge in [0.05, 0.1) is 6.20 Å². The minimum Gasteiger partial charge on any atom is -0.506 e. The third kappa shape index (κ3) is 3.47. The standard InChI is InChI=1S/C14H13N3O4/c15-10-3-1-8(2-4-10)5-9-7-16-17-13(9)11(18)6-12(19)14(20)21/h1-4,6-7,18H,5,15H2,(H,16,17)(H,20,21). The molecule has 0 amide bonds. The summed E-state index contributed by atoms with van der Waals surface area (Å²) in [6, 6.07) is 7.15. The van der Waals surface area contributed by atoms with Crippen LogP contribution in [0.3, 0.4) is 0 Å². The Labute approximate surface area is 119 Å². The SMILES string of the molecule is Nc1ccc(Cc2cn[nH]c2C(O)=CC(=O)C(=O)O)cc1. The number of aliphatic hydroxyl groups is 1. The van der Waals surface area contributed by atoms with Crippen LogP contribution in [0.4, 0.5) is 5.69 Å². The molecule has 0 spiro atoms. The van der Waals surface area contributed by atoms with Crippen LogP contribution in [0.2, 0.25) is 0 Å². The molecule has 0 fully saturated rings. The number of carbonyl (C=O) groups excluding carboxylic acids is 1. The maximum Gasteiger partial charge on any atom is 0.376 e. The number of nitrogens with zero attached hydrogens (tertiary/aromatic N) is 1. The number of ketones is 1. The van der Waals surface area contributed by atoms with E-state index in [1.807, 2.05) is 12.1 Å². The normalized spacial score (nSPS) is 11.3. The highest BCUT2D eigenvalue weighted by atomic mass is 16.4. The fourth-order valence-electron chi connectivity index (χ4n) is 1.78. The highest BCUT2D eigenvalue weighted by molar-refractivity contribution is 6.38. The molecule has 108 valence electrons. The number of anilines is 1. The predicted octanol–water partition coefficient (Wildman–Crippen LogP) is 1.14. The van der Waals surface area contributed by atoms with Gasteiger partial charge < -0.3 is 15.9 Å². The van der Waals surface area contributed by atoms with E-state index < -0.39 is 17.5 Å². The Bertz CT molecular complexity index is 701. The van der Waals surface area contributed by atoms with Crippen molar-refractivity contribution in [2.24, 2.45) is 0 Å². The number of aromatic amines is 1. The lowest BCUT2D eigenvalue weighted by Gasteiger charge is -2.03. The first kappa shape index (κ1) is 14.3. The van der Waals surface area contributed by atoms with Crippen LogP contribution in [0.25, 0.3) is 5.76 Å². The minimum absolute atomic E-state index is 0.210. The van der Waals surface area contributed by atoms with E-state index in [0.717, 1.165) is 5.56 Å². The number of aliphatic hydroxyl groups excluding tert-OH is 1. The van der Waals surface area contributed by atoms with Crippen molar-refractivity contribution in [1.29, 1.82) is 0 Å². The molecule has 0 atom stereocenters. The molecule has 1 aromatic heterocycles. The van der Waals surface area contributed by atoms with Gasteiger partial charge in [-0.3, -0.25) is 9.89 Å². The summed E-state index contributed by atoms with van der Waals surface area (Å²) in [5, 5.41) is 24.7. The zero-order valence-electron chi connectivity index (χ0n) is 10.9. The lowest BCUT2D eigenvalue weighted by atomic mass is 10.0. The Balaban J connectivity index is 2.24. The zero-order chi connectivity index (χ0) is 15.4. The van der Waals surface area contributed by atoms with Gasteiger partial charge >= 0.3 is 5.97 Å². The number of rotatable bonds is 5. The molecule has 1 heterocycles. The van der Waals surface area contributed by atoms with Gasteiger partial charge in [0.25, 0.3) is 5.78 Å². The molecule has 21 heavy (non-hydrogen) atoms. The topological polar surface area (TPSA) is 129 Å². The Hall–Kier alpha value is -3.09. The van der Waals surface area contributed by atoms with Crippen LogP contribution in [0, 0.1) is 0 Å². The number of benzene rings is 1. The van der Waals surface area contributed by atoms with Gasteiger partial charge in [-0.15, -0.1) is 0 Å². The van der Waals surface area contributed by atoms with E-state index >= 15 is 0 Å². The lowest BCUT2D eigenvalue weighted by molar-refractivity contribution is -0.146. The van der Waals surface area contributed by atoms with Gasteiger partial charge in [-0.25, -0.2) is 4.79 Å². The van der Waals surface area contributed by atoms with Crippen molar-refractivity contribution in [2.75, 3.05) is 5.73 Å². The van der Waals surface area contributed by atoms with Crippen molar-refractivity contribution < 1.29 is 19.8 Å². The average molecular weight is 287 g/mol. The monoisotopic (exact) mass is 287 g/mol. The summed E-state index contributed by atoms with van der Waals surface area (Å²) in [5.74, 6) is -3.31. The number of nitrogen functional groups attached to an aromatic ring is 1. The Morgan fingerprint density at radius 3 is 2.52 bits per heavy atom. The van der Waals surface area contributed by atoms with Crippen molar-refractivity contribution in [1.82, 2.24) is 10.2 Å². The van der Waals surface area contributed by atoms with Gasteiger partial charge in [-0.2, -0.15) is 5.10 Å². The van der Waals surface area contributed by atoms with Gasteiger partial charge in [0.2, 0.25) is 0 Å². The van der Waals surface area contributed by atoms with Crippen LogP contribution in [0.5, 0.6) is 0 Å². The second-order valence-corrected chi connectivity index (χ2v) is 4.39. The third-order valence-electron chi connectivity index (χ3n) is 2.83. The van der Waals surface area contributed by atoms with Crippen molar-refractivity contribution in [3.63, 3.8) is 0 Å². The molecule has 0 radical (unpaired) electrons. The summed E-state index contributed by atoms with van der Waals surface area (Å²) in [4.78, 5) is 21.5. The second kappa shape index (κ2) is 5.91. The molecule has 0 bridgehead atoms. The van der Waals surface area contributed by atoms with Crippen molar-refractivity contribution >= 4 is 23.2 Å². The van der Waals surface area contributed by atoms with Crippen molar-refractivity contribution in [3.8, 4) is 0 Å². The van der Waals surface area contributed by atoms with E-state index in [0.29, 0.717) is 23.7 Å². The summed E-state index contributed by atoms with van der Waals surface area (Å²) >= 11 is 0. The lowest BCUT2D eigenvalue weighted by Crippen LogP contribution is -2.10. The zero-order valence-corrected chi connectivity index (χ0v) is 10.9. The third-order valence-corrected chi connectivity index (χ3v) is 2.83. The van der Waals surface area contributed by atoms with Gasteiger partial charge in [0, 0.05) is 23.7 Å². The van der Waals surface area contributed by atoms with Crippen LogP contribution in [-0.4, -0.2) is 32.2 Å². The van der Waals surface area contributed by atoms with Crippen LogP contribution in [0.15, 0.2) is 36.5 Å². The van der Waals surface area contributed by atoms with Gasteiger partial charge in [-0.1, -0.05) is 12.1 Å². The molecule has 7 heteroatoms. The number of carboxylic acid groups (broad SMARTS) is 1. The van der Waals surface area contributed by atoms with Crippen molar-refractivity contribution in [3.05, 3.63) is 53.4 Å². The molecule has 0 aliphatic carbocycles. The molecule has 5 N–H and O–H groups in total. The highest BCUT2D eigenvalue weighted by Crippen LogP contribution is 2.18. The summed E-state index contributed by atoms with van der Waals surface area (Å²) < 4.78 is 0. The molecule has 0 saturated heterocycles. The van der Waals surface area contributed by atoms with E-state index in [9.17, 15) is 14.7 Å². The van der Waals surface area contributed by atoms with Crippen LogP contribution < -0.4 is 5.73 Å². The van der Waals surface area contributed by atoms with E-state index in [4.69, 9.17) is 10.8 Å². The first-order valence-corrected chi connectivity index (χ1v) is 6.02. The van der Waals surface area contributed by atoms with E-state index in [1.54, 1.807) is 12.1 Å². The molecular weight excluding hydrogens is 274 g/mol. The second-order valence-electron chi connectivity index (χ2n) is 4.39. The summed E-state index contributed by atoms with van der Waals surface area (Å²) in [6.45, 7) is 0. The molecular formula is C14H13N3O4. The van der Waals surface area contributed by atoms with E-state index in [1.165, 1.54) is 6.20 Å². The summed E-state index contributed by atoms with van der Waals surface area (Å²) in [6.07, 6.45) is 2.59. The van der Waals surface area contributed by atoms with Crippen LogP contribution in [-0.2, 0) is 16.0 Å². The predicted molar refractivity (Wildman–Crippen MR) is 75.5 cm³/mol. The van der Waals surface area contributed by atoms with Gasteiger partial charge in [0.1, 0.15) is 11.5 Å². The number of H-pyrrole nitrogens is 1. The maximum absolute atomic E-state index is 11.1. The van der Waals surface area contributed by atoms with Crippen molar-refractivity contribution in [2.45, 2.75) is 6.42 Å². The molecule has 7 nitrogen and oxygen atoms in total. The Morgan fingerprint density at radius 2 is 1.90 bits per heavy atom. The molecule has 2 aromatic rings. The first-order chi connectivity index (χ1) is 9.97. The molecule has 0 aliphatic rings. The number of carbonyl (C=O) groups is 2. The minimum atomic E-state index is -1.64. The molecule has 0 unspecified atom stereocenters. The number of aliphatic carboxylic acids is 1. The van der Waals surface area contributed by atoms with Gasteiger partial charge in [0.15, 0.2) is 0 Å². The maximum atomic E-state index is 11.1. The molecule has 0 aliphatic heterocycles. The number of hydrogen-bond acceptors (Lipinski definition) is 5. The number of aromatic nitrogens is 2. The van der Waals surface area contributed by atoms with Crippen LogP contribution in [0.1, 0.15) is 16.8 Å². The van der Waals surface area contributed by atoms with Crippen LogP contribution >= 0.6 is 0 Å². The van der Waals surface area contributed by atoms with E-state index in [-0.39, 0.29) is 5.69 Å². The number of nitrogens with two attached hydrogens (primary N) is 1. The quantitative estimate of drug-likeness (QED) is 0.282. The largest absolute Gasteiger partial charge is 0.506 e.